The normalized spacial score (nSPS) is 15.0. The van der Waals surface area contributed by atoms with Crippen molar-refractivity contribution in [2.24, 2.45) is 0 Å². The molecule has 0 saturated heterocycles. The van der Waals surface area contributed by atoms with E-state index in [2.05, 4.69) is 254 Å². The molecule has 0 bridgehead atoms. The van der Waals surface area contributed by atoms with E-state index in [4.69, 9.17) is 0 Å². The Morgan fingerprint density at radius 2 is 0.703 bits per heavy atom. The molecule has 0 unspecified atom stereocenters. The highest BCUT2D eigenvalue weighted by Crippen LogP contribution is 2.65. The molecule has 4 aliphatic rings. The van der Waals surface area contributed by atoms with Crippen LogP contribution in [0.2, 0.25) is 0 Å². The van der Waals surface area contributed by atoms with Crippen LogP contribution in [0.5, 0.6) is 0 Å². The lowest BCUT2D eigenvalue weighted by atomic mass is 9.68. The van der Waals surface area contributed by atoms with E-state index in [9.17, 15) is 0 Å². The van der Waals surface area contributed by atoms with Crippen molar-refractivity contribution in [1.82, 2.24) is 0 Å². The van der Waals surface area contributed by atoms with Crippen LogP contribution in [0.3, 0.4) is 0 Å². The standard InChI is InChI=1S/C73H51N/c1-3-19-47(20-4-1)48-33-35-49(36-34-48)62-45-64-60-28-12-16-32-68(60)73(66-30-14-10-26-58(66)59-27-11-15-31-67(59)73)70(64)46-71(62)74(50-37-39-56-54-23-6-5-21-52(54)53-22-7-8-24-55(53)63(56)43-50)51-38-40-61-57-25-9-13-29-65(57)72(69(61)44-51)41-17-2-18-42-72/h1,3-16,19-40,43-46H,2,17-18,41-42H2. The minimum Gasteiger partial charge on any atom is -0.310 e. The Morgan fingerprint density at radius 1 is 0.257 bits per heavy atom. The molecule has 0 amide bonds. The Kier molecular flexibility index (Phi) is 8.96. The van der Waals surface area contributed by atoms with Crippen molar-refractivity contribution in [3.8, 4) is 55.6 Å². The first-order chi connectivity index (χ1) is 36.7. The molecule has 0 heterocycles. The number of hydrogen-bond donors (Lipinski definition) is 0. The first-order valence-electron chi connectivity index (χ1n) is 26.7. The van der Waals surface area contributed by atoms with Crippen molar-refractivity contribution in [2.75, 3.05) is 4.90 Å². The average Bonchev–Trinajstić information content (AvgIpc) is 4.05. The zero-order chi connectivity index (χ0) is 48.5. The molecule has 0 atom stereocenters. The molecule has 348 valence electrons. The van der Waals surface area contributed by atoms with Gasteiger partial charge in [0, 0.05) is 22.4 Å². The van der Waals surface area contributed by atoms with E-state index < -0.39 is 5.41 Å². The molecule has 1 heteroatoms. The van der Waals surface area contributed by atoms with E-state index in [0.717, 1.165) is 5.69 Å². The summed E-state index contributed by atoms with van der Waals surface area (Å²) in [4.78, 5) is 2.65. The highest BCUT2D eigenvalue weighted by molar-refractivity contribution is 6.26. The third-order valence-corrected chi connectivity index (χ3v) is 17.9. The van der Waals surface area contributed by atoms with Crippen molar-refractivity contribution < 1.29 is 0 Å². The summed E-state index contributed by atoms with van der Waals surface area (Å²) in [7, 11) is 0. The highest BCUT2D eigenvalue weighted by atomic mass is 15.1. The van der Waals surface area contributed by atoms with Crippen LogP contribution < -0.4 is 4.90 Å². The van der Waals surface area contributed by atoms with E-state index in [1.165, 1.54) is 165 Å². The topological polar surface area (TPSA) is 3.24 Å². The lowest BCUT2D eigenvalue weighted by Crippen LogP contribution is -2.28. The molecule has 0 aromatic heterocycles. The van der Waals surface area contributed by atoms with E-state index in [0.29, 0.717) is 0 Å². The van der Waals surface area contributed by atoms with Gasteiger partial charge < -0.3 is 4.90 Å². The molecule has 0 N–H and O–H groups in total. The van der Waals surface area contributed by atoms with Gasteiger partial charge in [0.05, 0.1) is 11.1 Å². The molecule has 0 aliphatic heterocycles. The SMILES string of the molecule is c1ccc(-c2ccc(-c3cc4c(cc3N(c3ccc5c(c3)C3(CCCCC3)c3ccccc3-5)c3ccc5c6ccccc6c6ccccc6c5c3)C3(c5ccccc5-c5ccccc53)c3ccccc3-4)cc2)cc1. The molecular formula is C73H51N. The van der Waals surface area contributed by atoms with E-state index in [1.54, 1.807) is 0 Å². The average molecular weight is 942 g/mol. The summed E-state index contributed by atoms with van der Waals surface area (Å²) in [5.41, 5.74) is 24.2. The zero-order valence-electron chi connectivity index (χ0n) is 41.2. The first-order valence-corrected chi connectivity index (χ1v) is 26.7. The number of anilines is 3. The van der Waals surface area contributed by atoms with Crippen LogP contribution in [0.1, 0.15) is 65.5 Å². The fourth-order valence-electron chi connectivity index (χ4n) is 14.8. The van der Waals surface area contributed by atoms with Crippen LogP contribution in [0.25, 0.3) is 88.0 Å². The second kappa shape index (κ2) is 15.9. The van der Waals surface area contributed by atoms with Crippen LogP contribution in [0.15, 0.2) is 249 Å². The Labute approximate surface area is 432 Å². The number of rotatable bonds is 5. The Hall–Kier alpha value is -8.78. The summed E-state index contributed by atoms with van der Waals surface area (Å²) in [6, 6.07) is 95.1. The van der Waals surface area contributed by atoms with Crippen molar-refractivity contribution in [3.05, 3.63) is 282 Å². The first kappa shape index (κ1) is 41.8. The van der Waals surface area contributed by atoms with Gasteiger partial charge in [-0.15, -0.1) is 0 Å². The summed E-state index contributed by atoms with van der Waals surface area (Å²) in [5, 5.41) is 7.66. The summed E-state index contributed by atoms with van der Waals surface area (Å²) in [5.74, 6) is 0. The predicted octanol–water partition coefficient (Wildman–Crippen LogP) is 19.5. The van der Waals surface area contributed by atoms with Crippen molar-refractivity contribution in [3.63, 3.8) is 0 Å². The number of nitrogens with zero attached hydrogens (tertiary/aromatic N) is 1. The molecule has 2 spiro atoms. The van der Waals surface area contributed by atoms with Crippen molar-refractivity contribution in [2.45, 2.75) is 42.9 Å². The van der Waals surface area contributed by atoms with Gasteiger partial charge in [0.2, 0.25) is 0 Å². The van der Waals surface area contributed by atoms with Crippen LogP contribution in [-0.2, 0) is 10.8 Å². The lowest BCUT2D eigenvalue weighted by Gasteiger charge is -2.37. The number of benzene rings is 12. The number of fused-ring (bicyclic) bond motifs is 21. The van der Waals surface area contributed by atoms with Gasteiger partial charge in [-0.3, -0.25) is 0 Å². The molecule has 16 rings (SSSR count). The zero-order valence-corrected chi connectivity index (χ0v) is 41.2. The fourth-order valence-corrected chi connectivity index (χ4v) is 14.8. The molecule has 1 fully saturated rings. The maximum absolute atomic E-state index is 2.65. The van der Waals surface area contributed by atoms with Gasteiger partial charge in [-0.1, -0.05) is 232 Å². The minimum absolute atomic E-state index is 0.0125. The van der Waals surface area contributed by atoms with Gasteiger partial charge in [0.1, 0.15) is 0 Å². The summed E-state index contributed by atoms with van der Waals surface area (Å²) in [6.45, 7) is 0. The molecule has 1 saturated carbocycles. The van der Waals surface area contributed by atoms with Crippen LogP contribution in [0, 0.1) is 0 Å². The molecule has 0 radical (unpaired) electrons. The van der Waals surface area contributed by atoms with Crippen molar-refractivity contribution in [1.29, 1.82) is 0 Å². The molecule has 1 nitrogen and oxygen atoms in total. The predicted molar refractivity (Wildman–Crippen MR) is 310 cm³/mol. The molecule has 12 aromatic rings. The maximum Gasteiger partial charge on any atom is 0.0726 e. The molecule has 74 heavy (non-hydrogen) atoms. The summed E-state index contributed by atoms with van der Waals surface area (Å²) < 4.78 is 0. The van der Waals surface area contributed by atoms with Gasteiger partial charge in [-0.2, -0.15) is 0 Å². The van der Waals surface area contributed by atoms with Gasteiger partial charge in [-0.05, 0) is 165 Å². The van der Waals surface area contributed by atoms with Gasteiger partial charge in [0.15, 0.2) is 0 Å². The van der Waals surface area contributed by atoms with Gasteiger partial charge >= 0.3 is 0 Å². The summed E-state index contributed by atoms with van der Waals surface area (Å²) in [6.07, 6.45) is 6.13. The van der Waals surface area contributed by atoms with Crippen molar-refractivity contribution >= 4 is 49.4 Å². The maximum atomic E-state index is 2.65. The van der Waals surface area contributed by atoms with Crippen LogP contribution in [-0.4, -0.2) is 0 Å². The quantitative estimate of drug-likeness (QED) is 0.155. The van der Waals surface area contributed by atoms with Gasteiger partial charge in [-0.25, -0.2) is 0 Å². The highest BCUT2D eigenvalue weighted by Gasteiger charge is 2.52. The second-order valence-corrected chi connectivity index (χ2v) is 21.3. The smallest absolute Gasteiger partial charge is 0.0726 e. The minimum atomic E-state index is -0.514. The van der Waals surface area contributed by atoms with Gasteiger partial charge in [0.25, 0.3) is 0 Å². The molecular weight excluding hydrogens is 891 g/mol. The Morgan fingerprint density at radius 3 is 1.32 bits per heavy atom. The second-order valence-electron chi connectivity index (χ2n) is 21.3. The van der Waals surface area contributed by atoms with E-state index in [-0.39, 0.29) is 5.41 Å². The number of hydrogen-bond acceptors (Lipinski definition) is 1. The van der Waals surface area contributed by atoms with E-state index >= 15 is 0 Å². The molecule has 12 aromatic carbocycles. The van der Waals surface area contributed by atoms with E-state index in [1.807, 2.05) is 0 Å². The third-order valence-electron chi connectivity index (χ3n) is 17.9. The molecule has 4 aliphatic carbocycles. The van der Waals surface area contributed by atoms with Crippen LogP contribution in [0.4, 0.5) is 17.1 Å². The Balaban J connectivity index is 1.03. The lowest BCUT2D eigenvalue weighted by molar-refractivity contribution is 0.353. The Bertz CT molecular complexity index is 4200. The third kappa shape index (κ3) is 5.70. The summed E-state index contributed by atoms with van der Waals surface area (Å²) >= 11 is 0. The largest absolute Gasteiger partial charge is 0.310 e. The fraction of sp³-hybridized carbons (Fsp3) is 0.0959. The monoisotopic (exact) mass is 941 g/mol. The van der Waals surface area contributed by atoms with Crippen LogP contribution >= 0.6 is 0 Å².